The molecular weight excluding hydrogens is 599 g/mol. The van der Waals surface area contributed by atoms with E-state index in [1.165, 1.54) is 41.4 Å². The van der Waals surface area contributed by atoms with Gasteiger partial charge in [-0.25, -0.2) is 14.0 Å². The van der Waals surface area contributed by atoms with Gasteiger partial charge in [-0.2, -0.15) is 0 Å². The molecule has 1 aliphatic heterocycles. The van der Waals surface area contributed by atoms with Crippen molar-refractivity contribution in [2.45, 2.75) is 25.3 Å². The molecule has 1 aromatic heterocycles. The molecule has 5 N–H and O–H groups in total. The van der Waals surface area contributed by atoms with Crippen LogP contribution in [0, 0.1) is 5.82 Å². The number of carboxylic acids is 1. The second-order valence-electron chi connectivity index (χ2n) is 9.63. The predicted molar refractivity (Wildman–Crippen MR) is 149 cm³/mol. The fourth-order valence-electron chi connectivity index (χ4n) is 4.69. The minimum Gasteiger partial charge on any atom is -0.477 e. The van der Waals surface area contributed by atoms with E-state index in [0.29, 0.717) is 12.1 Å². The van der Waals surface area contributed by atoms with E-state index in [0.717, 1.165) is 6.07 Å². The molecule has 0 aliphatic carbocycles. The first kappa shape index (κ1) is 31.4. The Bertz CT molecular complexity index is 1650. The van der Waals surface area contributed by atoms with Gasteiger partial charge in [0.15, 0.2) is 5.40 Å². The summed E-state index contributed by atoms with van der Waals surface area (Å²) in [4.78, 5) is 77.0. The standard InChI is InChI=1S/C25H28FN3O11P2/c1-2-27-14-18(24(31)32)23(30)17-12-19(26)21(13-20(17)27)28-7-9-29(10-8-28)25(33)40-16-5-3-15(4-6-16)11-22(41(34,35)36)42(37,38)39/h3-6,12-14,22H,2,7-11H2,1H3,(H,31,32)(H2,34,35,36)(H2,37,38,39). The van der Waals surface area contributed by atoms with E-state index in [9.17, 15) is 48.2 Å². The number of carbonyl (C=O) groups is 2. The zero-order valence-electron chi connectivity index (χ0n) is 22.2. The number of aryl methyl sites for hydroxylation is 1. The maximum absolute atomic E-state index is 15.1. The molecule has 2 heterocycles. The first-order chi connectivity index (χ1) is 19.6. The van der Waals surface area contributed by atoms with Crippen LogP contribution in [0.2, 0.25) is 0 Å². The van der Waals surface area contributed by atoms with E-state index in [4.69, 9.17) is 4.74 Å². The summed E-state index contributed by atoms with van der Waals surface area (Å²) in [5.74, 6) is -2.02. The summed E-state index contributed by atoms with van der Waals surface area (Å²) in [5.41, 5.74) is -0.451. The number of hydrogen-bond donors (Lipinski definition) is 5. The number of pyridine rings is 1. The highest BCUT2D eigenvalue weighted by molar-refractivity contribution is 7.70. The summed E-state index contributed by atoms with van der Waals surface area (Å²) in [6.45, 7) is 2.89. The molecule has 226 valence electrons. The molecule has 1 amide bonds. The van der Waals surface area contributed by atoms with Gasteiger partial charge in [0.1, 0.15) is 17.1 Å². The molecule has 3 aromatic rings. The number of carbonyl (C=O) groups excluding carboxylic acids is 1. The number of benzene rings is 2. The Balaban J connectivity index is 1.42. The van der Waals surface area contributed by atoms with E-state index >= 15 is 4.39 Å². The van der Waals surface area contributed by atoms with Crippen molar-refractivity contribution in [2.24, 2.45) is 0 Å². The summed E-state index contributed by atoms with van der Waals surface area (Å²) in [5, 5.41) is 7.08. The molecule has 0 atom stereocenters. The fourth-order valence-corrected chi connectivity index (χ4v) is 7.15. The van der Waals surface area contributed by atoms with Crippen LogP contribution < -0.4 is 15.1 Å². The maximum atomic E-state index is 15.1. The van der Waals surface area contributed by atoms with Crippen LogP contribution in [-0.2, 0) is 22.1 Å². The quantitative estimate of drug-likeness (QED) is 0.228. The van der Waals surface area contributed by atoms with Gasteiger partial charge in [0.25, 0.3) is 0 Å². The molecule has 0 saturated carbocycles. The van der Waals surface area contributed by atoms with Crippen molar-refractivity contribution in [1.82, 2.24) is 9.47 Å². The van der Waals surface area contributed by atoms with Crippen molar-refractivity contribution in [3.8, 4) is 5.75 Å². The number of hydrogen-bond acceptors (Lipinski definition) is 7. The van der Waals surface area contributed by atoms with Crippen molar-refractivity contribution in [3.05, 3.63) is 69.8 Å². The van der Waals surface area contributed by atoms with Gasteiger partial charge < -0.3 is 43.8 Å². The monoisotopic (exact) mass is 627 g/mol. The molecule has 1 aliphatic rings. The first-order valence-electron chi connectivity index (χ1n) is 12.6. The summed E-state index contributed by atoms with van der Waals surface area (Å²) < 4.78 is 45.0. The third kappa shape index (κ3) is 6.73. The lowest BCUT2D eigenvalue weighted by Gasteiger charge is -2.35. The zero-order chi connectivity index (χ0) is 31.0. The third-order valence-corrected chi connectivity index (χ3v) is 10.6. The number of amides is 1. The van der Waals surface area contributed by atoms with E-state index in [-0.39, 0.29) is 48.6 Å². The number of rotatable bonds is 8. The molecule has 2 aromatic carbocycles. The summed E-state index contributed by atoms with van der Waals surface area (Å²) >= 11 is 0. The summed E-state index contributed by atoms with van der Waals surface area (Å²) in [6.07, 6.45) is -0.0701. The molecule has 17 heteroatoms. The number of aromatic nitrogens is 1. The van der Waals surface area contributed by atoms with Crippen LogP contribution in [0.3, 0.4) is 0 Å². The van der Waals surface area contributed by atoms with E-state index in [1.807, 2.05) is 0 Å². The van der Waals surface area contributed by atoms with Crippen LogP contribution in [0.25, 0.3) is 10.9 Å². The Morgan fingerprint density at radius 1 is 1.00 bits per heavy atom. The van der Waals surface area contributed by atoms with Gasteiger partial charge in [-0.15, -0.1) is 0 Å². The fraction of sp³-hybridized carbons (Fsp3) is 0.320. The Morgan fingerprint density at radius 2 is 1.60 bits per heavy atom. The smallest absolute Gasteiger partial charge is 0.415 e. The molecule has 14 nitrogen and oxygen atoms in total. The number of nitrogens with zero attached hydrogens (tertiary/aromatic N) is 3. The lowest BCUT2D eigenvalue weighted by Crippen LogP contribution is -2.49. The van der Waals surface area contributed by atoms with Crippen LogP contribution in [0.1, 0.15) is 22.8 Å². The highest BCUT2D eigenvalue weighted by Gasteiger charge is 2.43. The number of halogens is 1. The number of ether oxygens (including phenoxy) is 1. The molecule has 4 rings (SSSR count). The van der Waals surface area contributed by atoms with Crippen molar-refractivity contribution in [2.75, 3.05) is 31.1 Å². The maximum Gasteiger partial charge on any atom is 0.415 e. The third-order valence-electron chi connectivity index (χ3n) is 6.92. The van der Waals surface area contributed by atoms with Gasteiger partial charge >= 0.3 is 27.3 Å². The average molecular weight is 627 g/mol. The van der Waals surface area contributed by atoms with Crippen molar-refractivity contribution in [3.63, 3.8) is 0 Å². The summed E-state index contributed by atoms with van der Waals surface area (Å²) in [7, 11) is -10.2. The first-order valence-corrected chi connectivity index (χ1v) is 16.0. The van der Waals surface area contributed by atoms with E-state index < -0.39 is 55.9 Å². The molecule has 0 spiro atoms. The van der Waals surface area contributed by atoms with Crippen LogP contribution in [0.5, 0.6) is 5.75 Å². The highest BCUT2D eigenvalue weighted by atomic mass is 31.2. The largest absolute Gasteiger partial charge is 0.477 e. The van der Waals surface area contributed by atoms with Gasteiger partial charge in [0.2, 0.25) is 5.43 Å². The van der Waals surface area contributed by atoms with E-state index in [2.05, 4.69) is 0 Å². The van der Waals surface area contributed by atoms with Gasteiger partial charge in [-0.05, 0) is 43.2 Å². The second-order valence-corrected chi connectivity index (χ2v) is 13.6. The lowest BCUT2D eigenvalue weighted by atomic mass is 10.1. The molecule has 42 heavy (non-hydrogen) atoms. The zero-order valence-corrected chi connectivity index (χ0v) is 23.9. The van der Waals surface area contributed by atoms with Crippen molar-refractivity contribution in [1.29, 1.82) is 0 Å². The number of piperazine rings is 1. The molecule has 1 saturated heterocycles. The minimum absolute atomic E-state index is 0.0507. The highest BCUT2D eigenvalue weighted by Crippen LogP contribution is 2.60. The van der Waals surface area contributed by atoms with Crippen LogP contribution in [-0.4, -0.2) is 77.8 Å². The Hall–Kier alpha value is -3.58. The molecule has 0 radical (unpaired) electrons. The number of aromatic carboxylic acids is 1. The molecule has 0 unspecified atom stereocenters. The van der Waals surface area contributed by atoms with Crippen LogP contribution >= 0.6 is 15.2 Å². The number of carboxylic acid groups (broad SMARTS) is 1. The van der Waals surface area contributed by atoms with Gasteiger partial charge in [0.05, 0.1) is 11.2 Å². The summed E-state index contributed by atoms with van der Waals surface area (Å²) in [6, 6.07) is 7.83. The molecular formula is C25H28FN3O11P2. The number of fused-ring (bicyclic) bond motifs is 1. The second kappa shape index (κ2) is 12.0. The van der Waals surface area contributed by atoms with Gasteiger partial charge in [-0.3, -0.25) is 13.9 Å². The van der Waals surface area contributed by atoms with Crippen LogP contribution in [0.4, 0.5) is 14.9 Å². The Morgan fingerprint density at radius 3 is 2.12 bits per heavy atom. The minimum atomic E-state index is -5.09. The predicted octanol–water partition coefficient (Wildman–Crippen LogP) is 2.40. The number of anilines is 1. The molecule has 1 fully saturated rings. The molecule has 0 bridgehead atoms. The Kier molecular flexibility index (Phi) is 8.93. The van der Waals surface area contributed by atoms with Crippen molar-refractivity contribution >= 4 is 43.8 Å². The average Bonchev–Trinajstić information content (AvgIpc) is 2.91. The van der Waals surface area contributed by atoms with Gasteiger partial charge in [0, 0.05) is 44.3 Å². The van der Waals surface area contributed by atoms with Crippen LogP contribution in [0.15, 0.2) is 47.4 Å². The Labute approximate surface area is 237 Å². The normalized spacial score (nSPS) is 14.5. The lowest BCUT2D eigenvalue weighted by molar-refractivity contribution is 0.0694. The topological polar surface area (TPSA) is 207 Å². The SMILES string of the molecule is CCn1cc(C(=O)O)c(=O)c2cc(F)c(N3CCN(C(=O)Oc4ccc(CC(P(=O)(O)O)P(=O)(O)O)cc4)CC3)cc21. The van der Waals surface area contributed by atoms with Gasteiger partial charge in [-0.1, -0.05) is 12.1 Å². The van der Waals surface area contributed by atoms with E-state index in [1.54, 1.807) is 16.4 Å². The van der Waals surface area contributed by atoms with Crippen molar-refractivity contribution < 1.29 is 52.5 Å².